The first-order chi connectivity index (χ1) is 9.84. The Bertz CT molecular complexity index is 755. The van der Waals surface area contributed by atoms with Gasteiger partial charge < -0.3 is 5.11 Å². The Balaban J connectivity index is 1.99. The average Bonchev–Trinajstić information content (AvgIpc) is 3.03. The largest absolute Gasteiger partial charge is 0.480 e. The zero-order chi connectivity index (χ0) is 15.2. The molecule has 0 spiro atoms. The molecule has 2 aromatic rings. The summed E-state index contributed by atoms with van der Waals surface area (Å²) in [4.78, 5) is 19.1. The summed E-state index contributed by atoms with van der Waals surface area (Å²) in [5.74, 6) is -0.702. The Morgan fingerprint density at radius 3 is 2.76 bits per heavy atom. The number of alkyl halides is 3. The van der Waals surface area contributed by atoms with Crippen LogP contribution in [-0.2, 0) is 11.0 Å². The number of aliphatic carboxylic acids is 1. The van der Waals surface area contributed by atoms with Gasteiger partial charge in [0.25, 0.3) is 0 Å². The van der Waals surface area contributed by atoms with E-state index in [1.54, 1.807) is 0 Å². The van der Waals surface area contributed by atoms with Crippen LogP contribution in [0.4, 0.5) is 13.2 Å². The van der Waals surface area contributed by atoms with E-state index in [9.17, 15) is 18.0 Å². The highest BCUT2D eigenvalue weighted by Crippen LogP contribution is 2.34. The number of aromatic nitrogens is 1. The molecular formula is C12H7F3N2O2S2. The quantitative estimate of drug-likeness (QED) is 0.917. The third-order valence-electron chi connectivity index (χ3n) is 2.83. The van der Waals surface area contributed by atoms with Gasteiger partial charge in [0.05, 0.1) is 15.8 Å². The second-order valence-electron chi connectivity index (χ2n) is 4.30. The van der Waals surface area contributed by atoms with Gasteiger partial charge in [-0.1, -0.05) is 0 Å². The van der Waals surface area contributed by atoms with Crippen LogP contribution in [0.2, 0.25) is 0 Å². The number of carbonyl (C=O) groups is 1. The van der Waals surface area contributed by atoms with E-state index in [0.717, 1.165) is 23.5 Å². The maximum atomic E-state index is 12.7. The van der Waals surface area contributed by atoms with Crippen molar-refractivity contribution in [3.05, 3.63) is 28.8 Å². The van der Waals surface area contributed by atoms with Gasteiger partial charge >= 0.3 is 12.1 Å². The van der Waals surface area contributed by atoms with Crippen LogP contribution < -0.4 is 0 Å². The average molecular weight is 332 g/mol. The number of nitrogens with zero attached hydrogens (tertiary/aromatic N) is 2. The molecule has 3 rings (SSSR count). The van der Waals surface area contributed by atoms with Crippen molar-refractivity contribution in [1.29, 1.82) is 0 Å². The molecule has 1 aromatic carbocycles. The number of benzene rings is 1. The normalized spacial score (nSPS) is 19.0. The molecule has 1 aromatic heterocycles. The lowest BCUT2D eigenvalue weighted by Crippen LogP contribution is -2.17. The minimum Gasteiger partial charge on any atom is -0.480 e. The molecule has 9 heteroatoms. The SMILES string of the molecule is O=C(O)C1CSC(c2nc3ccc(C(F)(F)F)cc3s2)=N1. The third-order valence-corrected chi connectivity index (χ3v) is 5.04. The van der Waals surface area contributed by atoms with Gasteiger partial charge in [0, 0.05) is 5.75 Å². The number of hydrogen-bond donors (Lipinski definition) is 1. The van der Waals surface area contributed by atoms with E-state index in [2.05, 4.69) is 9.98 Å². The van der Waals surface area contributed by atoms with Gasteiger partial charge in [-0.05, 0) is 18.2 Å². The van der Waals surface area contributed by atoms with Crippen LogP contribution >= 0.6 is 23.1 Å². The number of carboxylic acid groups (broad SMARTS) is 1. The summed E-state index contributed by atoms with van der Waals surface area (Å²) in [7, 11) is 0. The van der Waals surface area contributed by atoms with E-state index < -0.39 is 23.8 Å². The molecule has 4 nitrogen and oxygen atoms in total. The van der Waals surface area contributed by atoms with Gasteiger partial charge in [-0.2, -0.15) is 13.2 Å². The Labute approximate surface area is 124 Å². The molecule has 1 atom stereocenters. The molecule has 1 aliphatic rings. The van der Waals surface area contributed by atoms with Crippen LogP contribution in [0, 0.1) is 0 Å². The molecule has 0 saturated heterocycles. The number of carboxylic acids is 1. The zero-order valence-electron chi connectivity index (χ0n) is 10.2. The first-order valence-electron chi connectivity index (χ1n) is 5.76. The fourth-order valence-corrected chi connectivity index (χ4v) is 3.91. The predicted octanol–water partition coefficient (Wildman–Crippen LogP) is 3.26. The Morgan fingerprint density at radius 2 is 2.14 bits per heavy atom. The standard InChI is InChI=1S/C12H7F3N2O2S2/c13-12(14,15)5-1-2-6-8(3-5)21-10(16-6)9-17-7(4-20-9)11(18)19/h1-3,7H,4H2,(H,18,19). The Morgan fingerprint density at radius 1 is 1.38 bits per heavy atom. The monoisotopic (exact) mass is 332 g/mol. The summed E-state index contributed by atoms with van der Waals surface area (Å²) in [6.07, 6.45) is -4.40. The third kappa shape index (κ3) is 2.75. The van der Waals surface area contributed by atoms with Crippen LogP contribution in [0.15, 0.2) is 23.2 Å². The van der Waals surface area contributed by atoms with Gasteiger partial charge in [0.15, 0.2) is 6.04 Å². The van der Waals surface area contributed by atoms with E-state index in [1.807, 2.05) is 0 Å². The van der Waals surface area contributed by atoms with E-state index in [0.29, 0.717) is 26.0 Å². The molecule has 0 amide bonds. The van der Waals surface area contributed by atoms with Crippen LogP contribution in [0.5, 0.6) is 0 Å². The molecule has 110 valence electrons. The van der Waals surface area contributed by atoms with Gasteiger partial charge in [-0.3, -0.25) is 4.99 Å². The molecule has 0 bridgehead atoms. The predicted molar refractivity (Wildman–Crippen MR) is 75.0 cm³/mol. The van der Waals surface area contributed by atoms with Gasteiger partial charge in [-0.25, -0.2) is 9.78 Å². The molecular weight excluding hydrogens is 325 g/mol. The number of fused-ring (bicyclic) bond motifs is 1. The topological polar surface area (TPSA) is 62.5 Å². The minimum absolute atomic E-state index is 0.314. The first kappa shape index (κ1) is 14.3. The van der Waals surface area contributed by atoms with Crippen LogP contribution in [0.25, 0.3) is 10.2 Å². The zero-order valence-corrected chi connectivity index (χ0v) is 11.8. The molecule has 0 saturated carbocycles. The first-order valence-corrected chi connectivity index (χ1v) is 7.56. The second kappa shape index (κ2) is 4.99. The maximum Gasteiger partial charge on any atom is 0.416 e. The highest BCUT2D eigenvalue weighted by Gasteiger charge is 2.31. The highest BCUT2D eigenvalue weighted by molar-refractivity contribution is 8.15. The van der Waals surface area contributed by atoms with E-state index in [-0.39, 0.29) is 0 Å². The molecule has 0 fully saturated rings. The fraction of sp³-hybridized carbons (Fsp3) is 0.250. The summed E-state index contributed by atoms with van der Waals surface area (Å²) in [6.45, 7) is 0. The molecule has 21 heavy (non-hydrogen) atoms. The summed E-state index contributed by atoms with van der Waals surface area (Å²) in [5, 5.41) is 9.81. The van der Waals surface area contributed by atoms with Crippen molar-refractivity contribution in [2.75, 3.05) is 5.75 Å². The fourth-order valence-electron chi connectivity index (χ4n) is 1.81. The van der Waals surface area contributed by atoms with Gasteiger partial charge in [-0.15, -0.1) is 23.1 Å². The summed E-state index contributed by atoms with van der Waals surface area (Å²) in [5.41, 5.74) is -0.278. The van der Waals surface area contributed by atoms with Crippen molar-refractivity contribution in [2.24, 2.45) is 4.99 Å². The van der Waals surface area contributed by atoms with E-state index >= 15 is 0 Å². The molecule has 2 heterocycles. The number of halogens is 3. The smallest absolute Gasteiger partial charge is 0.416 e. The van der Waals surface area contributed by atoms with Crippen molar-refractivity contribution in [2.45, 2.75) is 12.2 Å². The molecule has 1 N–H and O–H groups in total. The lowest BCUT2D eigenvalue weighted by atomic mass is 10.2. The number of rotatable bonds is 2. The van der Waals surface area contributed by atoms with E-state index in [1.165, 1.54) is 17.8 Å². The molecule has 1 unspecified atom stereocenters. The van der Waals surface area contributed by atoms with Crippen molar-refractivity contribution < 1.29 is 23.1 Å². The lowest BCUT2D eigenvalue weighted by Gasteiger charge is -2.04. The Hall–Kier alpha value is -1.61. The van der Waals surface area contributed by atoms with Crippen LogP contribution in [-0.4, -0.2) is 32.9 Å². The molecule has 0 radical (unpaired) electrons. The highest BCUT2D eigenvalue weighted by atomic mass is 32.2. The maximum absolute atomic E-state index is 12.7. The van der Waals surface area contributed by atoms with Gasteiger partial charge in [0.2, 0.25) is 0 Å². The second-order valence-corrected chi connectivity index (χ2v) is 6.34. The molecule has 0 aliphatic carbocycles. The lowest BCUT2D eigenvalue weighted by molar-refractivity contribution is -0.138. The summed E-state index contributed by atoms with van der Waals surface area (Å²) < 4.78 is 38.4. The van der Waals surface area contributed by atoms with Crippen LogP contribution in [0.3, 0.4) is 0 Å². The van der Waals surface area contributed by atoms with Crippen molar-refractivity contribution in [3.63, 3.8) is 0 Å². The van der Waals surface area contributed by atoms with Crippen molar-refractivity contribution in [3.8, 4) is 0 Å². The minimum atomic E-state index is -4.40. The molecule has 1 aliphatic heterocycles. The van der Waals surface area contributed by atoms with Crippen molar-refractivity contribution in [1.82, 2.24) is 4.98 Å². The van der Waals surface area contributed by atoms with E-state index in [4.69, 9.17) is 5.11 Å². The number of hydrogen-bond acceptors (Lipinski definition) is 5. The number of thiazole rings is 1. The van der Waals surface area contributed by atoms with Crippen LogP contribution in [0.1, 0.15) is 10.6 Å². The number of thioether (sulfide) groups is 1. The summed E-state index contributed by atoms with van der Waals surface area (Å²) in [6, 6.07) is 2.52. The number of aliphatic imine (C=N–C) groups is 1. The Kier molecular flexibility index (Phi) is 3.40. The van der Waals surface area contributed by atoms with Gasteiger partial charge in [0.1, 0.15) is 10.1 Å². The van der Waals surface area contributed by atoms with Crippen molar-refractivity contribution >= 4 is 44.3 Å². The summed E-state index contributed by atoms with van der Waals surface area (Å²) >= 11 is 2.33.